The maximum atomic E-state index is 12.6. The van der Waals surface area contributed by atoms with Crippen molar-refractivity contribution < 1.29 is 4.79 Å². The Morgan fingerprint density at radius 2 is 1.88 bits per heavy atom. The van der Waals surface area contributed by atoms with Crippen LogP contribution in [-0.2, 0) is 6.54 Å². The lowest BCUT2D eigenvalue weighted by atomic mass is 10.1. The quantitative estimate of drug-likeness (QED) is 0.894. The molecule has 0 bridgehead atoms. The first-order chi connectivity index (χ1) is 11.2. The number of hydrogen-bond donors (Lipinski definition) is 2. The van der Waals surface area contributed by atoms with Gasteiger partial charge >= 0.3 is 6.03 Å². The van der Waals surface area contributed by atoms with Crippen LogP contribution in [0.3, 0.4) is 0 Å². The Morgan fingerprint density at radius 1 is 1.25 bits per heavy atom. The molecule has 128 valence electrons. The Kier molecular flexibility index (Phi) is 5.29. The van der Waals surface area contributed by atoms with Crippen molar-refractivity contribution in [1.82, 2.24) is 14.9 Å². The molecule has 1 aromatic carbocycles. The van der Waals surface area contributed by atoms with Gasteiger partial charge in [0.1, 0.15) is 0 Å². The summed E-state index contributed by atoms with van der Waals surface area (Å²) in [5, 5.41) is 5.38. The average molecular weight is 349 g/mol. The van der Waals surface area contributed by atoms with Gasteiger partial charge in [0.05, 0.1) is 12.2 Å². The summed E-state index contributed by atoms with van der Waals surface area (Å²) in [7, 11) is 0. The SMILES string of the molecule is Cc1c(Cl)nc(NC(=O)NC(C)(C)C)c(=O)n1Cc1ccccc1. The Balaban J connectivity index is 2.34. The van der Waals surface area contributed by atoms with Crippen molar-refractivity contribution in [2.45, 2.75) is 39.8 Å². The standard InChI is InChI=1S/C17H21ClN4O2/c1-11-13(18)19-14(20-16(24)21-17(2,3)4)15(23)22(11)10-12-8-6-5-7-9-12/h5-9H,10H2,1-4H3,(H2,19,20,21,24). The number of benzene rings is 1. The van der Waals surface area contributed by atoms with Gasteiger partial charge in [-0.1, -0.05) is 41.9 Å². The molecule has 0 fully saturated rings. The van der Waals surface area contributed by atoms with E-state index in [2.05, 4.69) is 15.6 Å². The van der Waals surface area contributed by atoms with Crippen LogP contribution < -0.4 is 16.2 Å². The number of carbonyl (C=O) groups excluding carboxylic acids is 1. The minimum Gasteiger partial charge on any atom is -0.333 e. The molecule has 24 heavy (non-hydrogen) atoms. The Bertz CT molecular complexity index is 795. The van der Waals surface area contributed by atoms with E-state index in [9.17, 15) is 9.59 Å². The molecule has 0 saturated carbocycles. The van der Waals surface area contributed by atoms with Crippen LogP contribution in [0, 0.1) is 6.92 Å². The molecule has 0 spiro atoms. The third kappa shape index (κ3) is 4.58. The first-order valence-electron chi connectivity index (χ1n) is 7.57. The molecule has 0 aliphatic heterocycles. The summed E-state index contributed by atoms with van der Waals surface area (Å²) in [6, 6.07) is 9.03. The largest absolute Gasteiger partial charge is 0.333 e. The number of rotatable bonds is 3. The number of nitrogens with zero attached hydrogens (tertiary/aromatic N) is 2. The molecule has 1 aromatic heterocycles. The molecular weight excluding hydrogens is 328 g/mol. The number of amides is 2. The van der Waals surface area contributed by atoms with E-state index >= 15 is 0 Å². The number of halogens is 1. The van der Waals surface area contributed by atoms with E-state index in [1.165, 1.54) is 4.57 Å². The average Bonchev–Trinajstić information content (AvgIpc) is 2.48. The molecule has 2 amide bonds. The molecule has 0 unspecified atom stereocenters. The highest BCUT2D eigenvalue weighted by atomic mass is 35.5. The van der Waals surface area contributed by atoms with E-state index in [1.807, 2.05) is 51.1 Å². The minimum atomic E-state index is -0.502. The van der Waals surface area contributed by atoms with Gasteiger partial charge in [-0.2, -0.15) is 0 Å². The zero-order valence-electron chi connectivity index (χ0n) is 14.2. The highest BCUT2D eigenvalue weighted by molar-refractivity contribution is 6.30. The molecular formula is C17H21ClN4O2. The number of aromatic nitrogens is 2. The maximum absolute atomic E-state index is 12.6. The molecule has 2 rings (SSSR count). The van der Waals surface area contributed by atoms with E-state index < -0.39 is 17.1 Å². The van der Waals surface area contributed by atoms with E-state index in [4.69, 9.17) is 11.6 Å². The molecule has 0 aliphatic rings. The van der Waals surface area contributed by atoms with Crippen LogP contribution >= 0.6 is 11.6 Å². The van der Waals surface area contributed by atoms with Crippen molar-refractivity contribution in [2.24, 2.45) is 0 Å². The van der Waals surface area contributed by atoms with Gasteiger partial charge in [0.15, 0.2) is 5.15 Å². The highest BCUT2D eigenvalue weighted by Crippen LogP contribution is 2.14. The third-order valence-electron chi connectivity index (χ3n) is 3.27. The van der Waals surface area contributed by atoms with Crippen LogP contribution in [0.4, 0.5) is 10.6 Å². The van der Waals surface area contributed by atoms with Gasteiger partial charge in [-0.05, 0) is 33.3 Å². The normalized spacial score (nSPS) is 11.2. The second kappa shape index (κ2) is 7.05. The van der Waals surface area contributed by atoms with Crippen LogP contribution in [-0.4, -0.2) is 21.1 Å². The summed E-state index contributed by atoms with van der Waals surface area (Å²) in [5.41, 5.74) is 0.675. The van der Waals surface area contributed by atoms with Crippen molar-refractivity contribution in [2.75, 3.05) is 5.32 Å². The van der Waals surface area contributed by atoms with Gasteiger partial charge in [0.2, 0.25) is 5.82 Å². The van der Waals surface area contributed by atoms with Crippen LogP contribution in [0.15, 0.2) is 35.1 Å². The summed E-state index contributed by atoms with van der Waals surface area (Å²) in [4.78, 5) is 28.6. The zero-order chi connectivity index (χ0) is 17.9. The molecule has 0 aliphatic carbocycles. The summed E-state index contributed by atoms with van der Waals surface area (Å²) in [6.45, 7) is 7.60. The second-order valence-corrected chi connectivity index (χ2v) is 6.90. The van der Waals surface area contributed by atoms with Gasteiger partial charge in [-0.25, -0.2) is 9.78 Å². The minimum absolute atomic E-state index is 0.0942. The fourth-order valence-corrected chi connectivity index (χ4v) is 2.32. The van der Waals surface area contributed by atoms with Crippen molar-refractivity contribution in [3.63, 3.8) is 0 Å². The van der Waals surface area contributed by atoms with Crippen LogP contribution in [0.5, 0.6) is 0 Å². The number of anilines is 1. The lowest BCUT2D eigenvalue weighted by molar-refractivity contribution is 0.243. The van der Waals surface area contributed by atoms with Crippen molar-refractivity contribution >= 4 is 23.4 Å². The predicted molar refractivity (Wildman–Crippen MR) is 95.7 cm³/mol. The van der Waals surface area contributed by atoms with Crippen molar-refractivity contribution in [1.29, 1.82) is 0 Å². The Labute approximate surface area is 145 Å². The first kappa shape index (κ1) is 18.0. The molecule has 2 N–H and O–H groups in total. The number of hydrogen-bond acceptors (Lipinski definition) is 3. The number of urea groups is 1. The molecule has 0 radical (unpaired) electrons. The van der Waals surface area contributed by atoms with E-state index in [0.717, 1.165) is 5.56 Å². The molecule has 0 atom stereocenters. The topological polar surface area (TPSA) is 76.0 Å². The van der Waals surface area contributed by atoms with Gasteiger partial charge in [0, 0.05) is 5.54 Å². The Hall–Kier alpha value is -2.34. The zero-order valence-corrected chi connectivity index (χ0v) is 14.9. The number of carbonyl (C=O) groups is 1. The fourth-order valence-electron chi connectivity index (χ4n) is 2.14. The Morgan fingerprint density at radius 3 is 2.46 bits per heavy atom. The highest BCUT2D eigenvalue weighted by Gasteiger charge is 2.18. The van der Waals surface area contributed by atoms with Gasteiger partial charge in [-0.3, -0.25) is 10.1 Å². The monoisotopic (exact) mass is 348 g/mol. The van der Waals surface area contributed by atoms with Gasteiger partial charge < -0.3 is 9.88 Å². The molecule has 7 heteroatoms. The second-order valence-electron chi connectivity index (χ2n) is 6.54. The fraction of sp³-hybridized carbons (Fsp3) is 0.353. The van der Waals surface area contributed by atoms with Crippen LogP contribution in [0.25, 0.3) is 0 Å². The first-order valence-corrected chi connectivity index (χ1v) is 7.95. The maximum Gasteiger partial charge on any atom is 0.320 e. The van der Waals surface area contributed by atoms with Crippen LogP contribution in [0.1, 0.15) is 32.0 Å². The van der Waals surface area contributed by atoms with Crippen LogP contribution in [0.2, 0.25) is 5.15 Å². The number of nitrogens with one attached hydrogen (secondary N) is 2. The molecule has 2 aromatic rings. The summed E-state index contributed by atoms with van der Waals surface area (Å²) < 4.78 is 1.50. The third-order valence-corrected chi connectivity index (χ3v) is 3.62. The lowest BCUT2D eigenvalue weighted by Gasteiger charge is -2.21. The molecule has 1 heterocycles. The summed E-state index contributed by atoms with van der Waals surface area (Å²) in [6.07, 6.45) is 0. The van der Waals surface area contributed by atoms with Crippen molar-refractivity contribution in [3.8, 4) is 0 Å². The van der Waals surface area contributed by atoms with Gasteiger partial charge in [-0.15, -0.1) is 0 Å². The predicted octanol–water partition coefficient (Wildman–Crippen LogP) is 3.17. The van der Waals surface area contributed by atoms with Gasteiger partial charge in [0.25, 0.3) is 5.56 Å². The molecule has 0 saturated heterocycles. The van der Waals surface area contributed by atoms with Crippen molar-refractivity contribution in [3.05, 3.63) is 57.1 Å². The summed E-state index contributed by atoms with van der Waals surface area (Å²) >= 11 is 6.13. The molecule has 6 nitrogen and oxygen atoms in total. The lowest BCUT2D eigenvalue weighted by Crippen LogP contribution is -2.44. The summed E-state index contributed by atoms with van der Waals surface area (Å²) in [5.74, 6) is -0.0942. The van der Waals surface area contributed by atoms with E-state index in [-0.39, 0.29) is 11.0 Å². The van der Waals surface area contributed by atoms with E-state index in [0.29, 0.717) is 12.2 Å². The smallest absolute Gasteiger partial charge is 0.320 e. The van der Waals surface area contributed by atoms with E-state index in [1.54, 1.807) is 6.92 Å².